The van der Waals surface area contributed by atoms with Gasteiger partial charge in [-0.05, 0) is 0 Å². The molecule has 2 N–H and O–H groups in total. The highest BCUT2D eigenvalue weighted by Gasteiger charge is 1.99. The zero-order valence-corrected chi connectivity index (χ0v) is 6.55. The number of esters is 1. The standard InChI is InChI=1S/C6H9N2O4/c1-5(9)11-2-3-12-6(10)8-4-7/h2-3H2,1H3,(H2,7,8,10). The second kappa shape index (κ2) is 6.14. The molecule has 0 saturated heterocycles. The topological polar surface area (TPSA) is 88.5 Å². The Morgan fingerprint density at radius 1 is 1.42 bits per heavy atom. The molecule has 0 heterocycles. The Bertz CT molecular complexity index is 180. The van der Waals surface area contributed by atoms with E-state index in [1.807, 2.05) is 5.32 Å². The molecule has 0 atom stereocenters. The first-order valence-corrected chi connectivity index (χ1v) is 3.14. The third kappa shape index (κ3) is 6.53. The lowest BCUT2D eigenvalue weighted by Crippen LogP contribution is -2.23. The van der Waals surface area contributed by atoms with E-state index in [-0.39, 0.29) is 13.2 Å². The van der Waals surface area contributed by atoms with Gasteiger partial charge in [-0.25, -0.2) is 4.79 Å². The van der Waals surface area contributed by atoms with Crippen molar-refractivity contribution in [1.29, 1.82) is 5.41 Å². The third-order valence-corrected chi connectivity index (χ3v) is 0.786. The summed E-state index contributed by atoms with van der Waals surface area (Å²) >= 11 is 0. The third-order valence-electron chi connectivity index (χ3n) is 0.786. The van der Waals surface area contributed by atoms with Crippen molar-refractivity contribution in [3.63, 3.8) is 0 Å². The Morgan fingerprint density at radius 3 is 2.50 bits per heavy atom. The van der Waals surface area contributed by atoms with Crippen molar-refractivity contribution >= 4 is 18.4 Å². The van der Waals surface area contributed by atoms with Gasteiger partial charge in [-0.3, -0.25) is 15.5 Å². The number of carbonyl (C=O) groups excluding carboxylic acids is 2. The molecule has 0 bridgehead atoms. The van der Waals surface area contributed by atoms with Gasteiger partial charge in [-0.1, -0.05) is 0 Å². The summed E-state index contributed by atoms with van der Waals surface area (Å²) < 4.78 is 8.88. The molecular weight excluding hydrogens is 164 g/mol. The van der Waals surface area contributed by atoms with Crippen molar-refractivity contribution < 1.29 is 19.1 Å². The second-order valence-corrected chi connectivity index (χ2v) is 1.73. The van der Waals surface area contributed by atoms with Crippen LogP contribution in [0.2, 0.25) is 0 Å². The van der Waals surface area contributed by atoms with E-state index in [0.29, 0.717) is 0 Å². The zero-order valence-electron chi connectivity index (χ0n) is 6.55. The van der Waals surface area contributed by atoms with Crippen LogP contribution in [0.15, 0.2) is 0 Å². The van der Waals surface area contributed by atoms with Crippen LogP contribution < -0.4 is 5.32 Å². The fourth-order valence-electron chi connectivity index (χ4n) is 0.407. The number of rotatable bonds is 4. The van der Waals surface area contributed by atoms with E-state index in [2.05, 4.69) is 9.47 Å². The Morgan fingerprint density at radius 2 is 2.00 bits per heavy atom. The number of hydrogen-bond acceptors (Lipinski definition) is 5. The van der Waals surface area contributed by atoms with E-state index in [1.54, 1.807) is 6.34 Å². The van der Waals surface area contributed by atoms with Gasteiger partial charge in [-0.15, -0.1) is 0 Å². The van der Waals surface area contributed by atoms with Gasteiger partial charge in [0.15, 0.2) is 6.34 Å². The lowest BCUT2D eigenvalue weighted by atomic mass is 10.7. The fraction of sp³-hybridized carbons (Fsp3) is 0.500. The van der Waals surface area contributed by atoms with Gasteiger partial charge in [0.05, 0.1) is 0 Å². The summed E-state index contributed by atoms with van der Waals surface area (Å²) in [5, 5.41) is 8.18. The minimum Gasteiger partial charge on any atom is -0.462 e. The minimum atomic E-state index is -0.794. The molecule has 0 aliphatic rings. The van der Waals surface area contributed by atoms with Crippen LogP contribution in [0.1, 0.15) is 6.92 Å². The molecule has 0 spiro atoms. The van der Waals surface area contributed by atoms with Crippen LogP contribution in [0, 0.1) is 5.41 Å². The number of ether oxygens (including phenoxy) is 2. The molecule has 0 aromatic carbocycles. The van der Waals surface area contributed by atoms with Crippen LogP contribution in [0.5, 0.6) is 0 Å². The highest BCUT2D eigenvalue weighted by Crippen LogP contribution is 1.79. The van der Waals surface area contributed by atoms with E-state index >= 15 is 0 Å². The van der Waals surface area contributed by atoms with Crippen LogP contribution in [0.25, 0.3) is 0 Å². The molecular formula is C6H9N2O4. The Balaban J connectivity index is 3.25. The average molecular weight is 173 g/mol. The van der Waals surface area contributed by atoms with Crippen molar-refractivity contribution in [1.82, 2.24) is 5.32 Å². The number of hydrogen-bond donors (Lipinski definition) is 2. The number of amides is 1. The quantitative estimate of drug-likeness (QED) is 0.202. The van der Waals surface area contributed by atoms with Crippen LogP contribution in [0.4, 0.5) is 4.79 Å². The fourth-order valence-corrected chi connectivity index (χ4v) is 0.407. The van der Waals surface area contributed by atoms with Gasteiger partial charge in [0.1, 0.15) is 13.2 Å². The molecule has 0 fully saturated rings. The van der Waals surface area contributed by atoms with Crippen LogP contribution in [-0.4, -0.2) is 31.6 Å². The van der Waals surface area contributed by atoms with Crippen molar-refractivity contribution in [2.75, 3.05) is 13.2 Å². The van der Waals surface area contributed by atoms with Crippen LogP contribution >= 0.6 is 0 Å². The Kier molecular flexibility index (Phi) is 5.33. The maximum absolute atomic E-state index is 10.4. The summed E-state index contributed by atoms with van der Waals surface area (Å²) in [7, 11) is 0. The van der Waals surface area contributed by atoms with Crippen molar-refractivity contribution in [3.8, 4) is 0 Å². The number of alkyl carbamates (subject to hydrolysis) is 1. The summed E-state index contributed by atoms with van der Waals surface area (Å²) in [6.07, 6.45) is 0.841. The molecule has 6 nitrogen and oxygen atoms in total. The first kappa shape index (κ1) is 10.4. The molecule has 0 aliphatic heterocycles. The average Bonchev–Trinajstić information content (AvgIpc) is 1.98. The van der Waals surface area contributed by atoms with Crippen LogP contribution in [-0.2, 0) is 14.3 Å². The largest absolute Gasteiger partial charge is 0.462 e. The van der Waals surface area contributed by atoms with Crippen molar-refractivity contribution in [2.24, 2.45) is 0 Å². The molecule has 12 heavy (non-hydrogen) atoms. The summed E-state index contributed by atoms with van der Waals surface area (Å²) in [4.78, 5) is 20.6. The minimum absolute atomic E-state index is 0.0146. The maximum Gasteiger partial charge on any atom is 0.413 e. The summed E-state index contributed by atoms with van der Waals surface area (Å²) in [6, 6.07) is 0. The van der Waals surface area contributed by atoms with E-state index in [4.69, 9.17) is 5.41 Å². The second-order valence-electron chi connectivity index (χ2n) is 1.73. The Labute approximate surface area is 69.3 Å². The van der Waals surface area contributed by atoms with Gasteiger partial charge in [0.2, 0.25) is 0 Å². The molecule has 1 radical (unpaired) electrons. The molecule has 1 amide bonds. The van der Waals surface area contributed by atoms with Gasteiger partial charge >= 0.3 is 12.1 Å². The van der Waals surface area contributed by atoms with E-state index in [9.17, 15) is 9.59 Å². The highest BCUT2D eigenvalue weighted by molar-refractivity contribution is 5.80. The molecule has 0 aromatic heterocycles. The van der Waals surface area contributed by atoms with Crippen LogP contribution in [0.3, 0.4) is 0 Å². The summed E-state index contributed by atoms with van der Waals surface area (Å²) in [5.41, 5.74) is 0. The highest BCUT2D eigenvalue weighted by atomic mass is 16.6. The normalized spacial score (nSPS) is 8.42. The predicted molar refractivity (Wildman–Crippen MR) is 38.8 cm³/mol. The molecule has 0 unspecified atom stereocenters. The predicted octanol–water partition coefficient (Wildman–Crippen LogP) is -0.240. The van der Waals surface area contributed by atoms with Crippen molar-refractivity contribution in [2.45, 2.75) is 6.92 Å². The maximum atomic E-state index is 10.4. The molecule has 6 heteroatoms. The van der Waals surface area contributed by atoms with E-state index in [1.165, 1.54) is 6.92 Å². The Hall–Kier alpha value is -1.59. The number of nitrogens with one attached hydrogen (secondary N) is 2. The molecule has 0 aliphatic carbocycles. The van der Waals surface area contributed by atoms with Gasteiger partial charge in [-0.2, -0.15) is 0 Å². The van der Waals surface area contributed by atoms with Crippen molar-refractivity contribution in [3.05, 3.63) is 0 Å². The first-order chi connectivity index (χ1) is 5.66. The summed E-state index contributed by atoms with van der Waals surface area (Å²) in [5.74, 6) is -0.433. The van der Waals surface area contributed by atoms with Gasteiger partial charge in [0, 0.05) is 6.92 Å². The molecule has 0 rings (SSSR count). The number of carbonyl (C=O) groups is 2. The van der Waals surface area contributed by atoms with E-state index < -0.39 is 12.1 Å². The molecule has 0 aromatic rings. The molecule has 0 saturated carbocycles. The molecule has 67 valence electrons. The SMILES string of the molecule is CC(=O)OCCOC(=O)N[C]=N. The zero-order chi connectivity index (χ0) is 9.40. The first-order valence-electron chi connectivity index (χ1n) is 3.14. The van der Waals surface area contributed by atoms with Gasteiger partial charge < -0.3 is 9.47 Å². The lowest BCUT2D eigenvalue weighted by molar-refractivity contribution is -0.141. The summed E-state index contributed by atoms with van der Waals surface area (Å²) in [6.45, 7) is 1.24. The lowest BCUT2D eigenvalue weighted by Gasteiger charge is -2.02. The van der Waals surface area contributed by atoms with Gasteiger partial charge in [0.25, 0.3) is 0 Å². The monoisotopic (exact) mass is 173 g/mol. The van der Waals surface area contributed by atoms with E-state index in [0.717, 1.165) is 0 Å². The smallest absolute Gasteiger partial charge is 0.413 e.